The standard InChI is InChI=1S/C18H14O5/c1-9(2)17-16(20)10-5-6-13-15(18(10)23-17)11(8-14(19)22-13)12-4-3-7-21-12/h3-7,11H,8H2,1-2H3. The number of rotatable bonds is 1. The molecule has 0 aliphatic carbocycles. The number of fused-ring (bicyclic) bond motifs is 3. The molecule has 4 rings (SSSR count). The summed E-state index contributed by atoms with van der Waals surface area (Å²) in [6, 6.07) is 6.87. The molecule has 0 amide bonds. The van der Waals surface area contributed by atoms with Crippen LogP contribution in [0.4, 0.5) is 0 Å². The van der Waals surface area contributed by atoms with Gasteiger partial charge in [-0.1, -0.05) is 0 Å². The van der Waals surface area contributed by atoms with Gasteiger partial charge in [0.25, 0.3) is 0 Å². The third-order valence-corrected chi connectivity index (χ3v) is 4.09. The predicted octanol–water partition coefficient (Wildman–Crippen LogP) is 3.59. The molecule has 1 atom stereocenters. The summed E-state index contributed by atoms with van der Waals surface area (Å²) in [7, 11) is 0. The summed E-state index contributed by atoms with van der Waals surface area (Å²) >= 11 is 0. The number of ketones is 1. The molecule has 0 saturated carbocycles. The summed E-state index contributed by atoms with van der Waals surface area (Å²) in [4.78, 5) is 24.4. The van der Waals surface area contributed by atoms with Crippen molar-refractivity contribution in [2.24, 2.45) is 0 Å². The lowest BCUT2D eigenvalue weighted by Gasteiger charge is -2.24. The number of carbonyl (C=O) groups excluding carboxylic acids is 2. The van der Waals surface area contributed by atoms with Crippen molar-refractivity contribution in [1.29, 1.82) is 0 Å². The minimum absolute atomic E-state index is 0.141. The van der Waals surface area contributed by atoms with Crippen LogP contribution < -0.4 is 9.47 Å². The minimum Gasteiger partial charge on any atom is -0.469 e. The predicted molar refractivity (Wildman–Crippen MR) is 80.6 cm³/mol. The van der Waals surface area contributed by atoms with Crippen LogP contribution in [0, 0.1) is 0 Å². The molecule has 0 bridgehead atoms. The molecule has 23 heavy (non-hydrogen) atoms. The van der Waals surface area contributed by atoms with E-state index in [2.05, 4.69) is 0 Å². The molecular formula is C18H14O5. The van der Waals surface area contributed by atoms with Crippen LogP contribution in [0.3, 0.4) is 0 Å². The van der Waals surface area contributed by atoms with Crippen molar-refractivity contribution < 1.29 is 23.5 Å². The van der Waals surface area contributed by atoms with E-state index in [1.807, 2.05) is 19.9 Å². The van der Waals surface area contributed by atoms with Gasteiger partial charge in [-0.2, -0.15) is 0 Å². The van der Waals surface area contributed by atoms with Crippen LogP contribution in [0.15, 0.2) is 46.3 Å². The second-order valence-corrected chi connectivity index (χ2v) is 5.86. The molecule has 1 aromatic carbocycles. The maximum Gasteiger partial charge on any atom is 0.312 e. The number of esters is 1. The van der Waals surface area contributed by atoms with Gasteiger partial charge in [-0.05, 0) is 43.7 Å². The van der Waals surface area contributed by atoms with Gasteiger partial charge >= 0.3 is 5.97 Å². The topological polar surface area (TPSA) is 65.7 Å². The Bertz CT molecular complexity index is 854. The van der Waals surface area contributed by atoms with Gasteiger partial charge in [-0.3, -0.25) is 9.59 Å². The van der Waals surface area contributed by atoms with Crippen molar-refractivity contribution in [1.82, 2.24) is 0 Å². The van der Waals surface area contributed by atoms with E-state index in [1.165, 1.54) is 0 Å². The van der Waals surface area contributed by atoms with Crippen LogP contribution in [0.2, 0.25) is 0 Å². The second-order valence-electron chi connectivity index (χ2n) is 5.86. The molecule has 0 spiro atoms. The largest absolute Gasteiger partial charge is 0.469 e. The molecule has 5 nitrogen and oxygen atoms in total. The highest BCUT2D eigenvalue weighted by molar-refractivity contribution is 6.13. The lowest BCUT2D eigenvalue weighted by atomic mass is 9.88. The maximum atomic E-state index is 12.5. The Morgan fingerprint density at radius 3 is 2.65 bits per heavy atom. The quantitative estimate of drug-likeness (QED) is 0.457. The zero-order valence-corrected chi connectivity index (χ0v) is 12.7. The molecule has 1 aromatic heterocycles. The van der Waals surface area contributed by atoms with Crippen molar-refractivity contribution in [2.45, 2.75) is 26.2 Å². The van der Waals surface area contributed by atoms with E-state index in [0.29, 0.717) is 34.1 Å². The van der Waals surface area contributed by atoms with Crippen molar-refractivity contribution in [2.75, 3.05) is 0 Å². The van der Waals surface area contributed by atoms with Crippen molar-refractivity contribution >= 4 is 11.8 Å². The Morgan fingerprint density at radius 2 is 1.96 bits per heavy atom. The fourth-order valence-electron chi connectivity index (χ4n) is 3.05. The minimum atomic E-state index is -0.328. The number of carbonyl (C=O) groups is 2. The first-order valence-corrected chi connectivity index (χ1v) is 7.37. The Kier molecular flexibility index (Phi) is 2.91. The molecule has 2 aliphatic heterocycles. The van der Waals surface area contributed by atoms with Crippen molar-refractivity contribution in [3.05, 3.63) is 58.7 Å². The van der Waals surface area contributed by atoms with Crippen LogP contribution in [-0.4, -0.2) is 11.8 Å². The Balaban J connectivity index is 1.94. The van der Waals surface area contributed by atoms with Gasteiger partial charge in [0.05, 0.1) is 24.2 Å². The van der Waals surface area contributed by atoms with E-state index in [9.17, 15) is 9.59 Å². The highest BCUT2D eigenvalue weighted by atomic mass is 16.5. The third kappa shape index (κ3) is 2.00. The summed E-state index contributed by atoms with van der Waals surface area (Å²) in [5.41, 5.74) is 2.00. The molecular weight excluding hydrogens is 296 g/mol. The first kappa shape index (κ1) is 13.8. The van der Waals surface area contributed by atoms with Crippen LogP contribution in [0.1, 0.15) is 47.9 Å². The molecule has 5 heteroatoms. The molecule has 116 valence electrons. The van der Waals surface area contributed by atoms with Gasteiger partial charge in [0, 0.05) is 5.56 Å². The number of benzene rings is 1. The van der Waals surface area contributed by atoms with E-state index in [0.717, 1.165) is 5.57 Å². The zero-order chi connectivity index (χ0) is 16.1. The number of hydrogen-bond acceptors (Lipinski definition) is 5. The number of hydrogen-bond donors (Lipinski definition) is 0. The van der Waals surface area contributed by atoms with Gasteiger partial charge < -0.3 is 13.9 Å². The van der Waals surface area contributed by atoms with Crippen molar-refractivity contribution in [3.8, 4) is 11.5 Å². The van der Waals surface area contributed by atoms with E-state index in [1.54, 1.807) is 24.5 Å². The summed E-state index contributed by atoms with van der Waals surface area (Å²) in [5, 5.41) is 0. The average molecular weight is 310 g/mol. The van der Waals surface area contributed by atoms with Crippen molar-refractivity contribution in [3.63, 3.8) is 0 Å². The number of ether oxygens (including phenoxy) is 2. The fraction of sp³-hybridized carbons (Fsp3) is 0.222. The Hall–Kier alpha value is -2.82. The molecule has 0 fully saturated rings. The van der Waals surface area contributed by atoms with Crippen LogP contribution >= 0.6 is 0 Å². The normalized spacial score (nSPS) is 19.0. The average Bonchev–Trinajstić information content (AvgIpc) is 3.14. The molecule has 1 unspecified atom stereocenters. The lowest BCUT2D eigenvalue weighted by Crippen LogP contribution is -2.21. The molecule has 0 N–H and O–H groups in total. The molecule has 2 aliphatic rings. The Morgan fingerprint density at radius 1 is 1.13 bits per heavy atom. The number of furan rings is 1. The van der Waals surface area contributed by atoms with Gasteiger partial charge in [-0.15, -0.1) is 0 Å². The fourth-order valence-corrected chi connectivity index (χ4v) is 3.05. The smallest absolute Gasteiger partial charge is 0.312 e. The number of allylic oxidation sites excluding steroid dienone is 2. The number of Topliss-reactive ketones (excluding diaryl/α,β-unsaturated/α-hetero) is 1. The molecule has 2 aromatic rings. The highest BCUT2D eigenvalue weighted by Crippen LogP contribution is 2.49. The highest BCUT2D eigenvalue weighted by Gasteiger charge is 2.39. The van der Waals surface area contributed by atoms with Gasteiger partial charge in [0.1, 0.15) is 17.3 Å². The summed E-state index contributed by atoms with van der Waals surface area (Å²) in [6.45, 7) is 3.66. The second kappa shape index (κ2) is 4.84. The summed E-state index contributed by atoms with van der Waals surface area (Å²) < 4.78 is 16.6. The molecule has 0 radical (unpaired) electrons. The van der Waals surface area contributed by atoms with Crippen LogP contribution in [0.5, 0.6) is 11.5 Å². The molecule has 3 heterocycles. The monoisotopic (exact) mass is 310 g/mol. The zero-order valence-electron chi connectivity index (χ0n) is 12.7. The summed E-state index contributed by atoms with van der Waals surface area (Å²) in [6.07, 6.45) is 1.71. The summed E-state index contributed by atoms with van der Waals surface area (Å²) in [5.74, 6) is 1.09. The SMILES string of the molecule is CC(C)=C1Oc2c(ccc3c2C(c2ccco2)CC(=O)O3)C1=O. The van der Waals surface area contributed by atoms with Gasteiger partial charge in [-0.25, -0.2) is 0 Å². The van der Waals surface area contributed by atoms with E-state index in [-0.39, 0.29) is 24.1 Å². The van der Waals surface area contributed by atoms with Gasteiger partial charge in [0.2, 0.25) is 5.78 Å². The van der Waals surface area contributed by atoms with Crippen LogP contribution in [0.25, 0.3) is 0 Å². The van der Waals surface area contributed by atoms with E-state index in [4.69, 9.17) is 13.9 Å². The lowest BCUT2D eigenvalue weighted by molar-refractivity contribution is -0.135. The first-order valence-electron chi connectivity index (χ1n) is 7.37. The van der Waals surface area contributed by atoms with E-state index < -0.39 is 0 Å². The first-order chi connectivity index (χ1) is 11.1. The Labute approximate surface area is 132 Å². The molecule has 0 saturated heterocycles. The van der Waals surface area contributed by atoms with Gasteiger partial charge in [0.15, 0.2) is 5.76 Å². The van der Waals surface area contributed by atoms with Crippen LogP contribution in [-0.2, 0) is 4.79 Å². The van der Waals surface area contributed by atoms with E-state index >= 15 is 0 Å². The third-order valence-electron chi connectivity index (χ3n) is 4.09. The maximum absolute atomic E-state index is 12.5.